The molecule has 0 fully saturated rings. The van der Waals surface area contributed by atoms with Crippen molar-refractivity contribution in [2.75, 3.05) is 26.4 Å². The predicted molar refractivity (Wildman–Crippen MR) is 244 cm³/mol. The Bertz CT molecular complexity index is 1570. The van der Waals surface area contributed by atoms with E-state index in [9.17, 15) is 112 Å². The van der Waals surface area contributed by atoms with Crippen molar-refractivity contribution in [2.24, 2.45) is 5.92 Å². The Morgan fingerprint density at radius 2 is 0.387 bits per heavy atom. The number of esters is 4. The minimum Gasteiger partial charge on any atom is -0.550 e. The Labute approximate surface area is 454 Å². The van der Waals surface area contributed by atoms with Crippen molar-refractivity contribution in [3.05, 3.63) is 0 Å². The molecule has 0 aliphatic heterocycles. The monoisotopic (exact) mass is 1160 g/mol. The summed E-state index contributed by atoms with van der Waals surface area (Å²) in [4.78, 5) is 192. The zero-order chi connectivity index (χ0) is 60.9. The van der Waals surface area contributed by atoms with Crippen LogP contribution in [0, 0.1) is 5.92 Å². The zero-order valence-corrected chi connectivity index (χ0v) is 47.5. The fraction of sp³-hybridized carbons (Fsp3) is 0.596. The molecule has 0 heterocycles. The molecule has 0 radical (unpaired) electrons. The summed E-state index contributed by atoms with van der Waals surface area (Å²) in [7, 11) is 0. The van der Waals surface area contributed by atoms with Gasteiger partial charge in [0.05, 0.1) is 26.4 Å². The third-order valence-electron chi connectivity index (χ3n) is 5.59. The van der Waals surface area contributed by atoms with Crippen molar-refractivity contribution < 1.29 is 157 Å². The van der Waals surface area contributed by atoms with Crippen molar-refractivity contribution in [2.45, 2.75) is 155 Å². The normalized spacial score (nSPS) is 8.48. The maximum absolute atomic E-state index is 10.6. The summed E-state index contributed by atoms with van der Waals surface area (Å²) in [6.07, 6.45) is -2.30. The van der Waals surface area contributed by atoms with E-state index in [1.54, 1.807) is 27.7 Å². The second-order valence-electron chi connectivity index (χ2n) is 14.0. The van der Waals surface area contributed by atoms with Gasteiger partial charge in [0.15, 0.2) is 0 Å². The Morgan fingerprint density at radius 3 is 0.427 bits per heavy atom. The molecule has 0 saturated heterocycles. The molecule has 0 N–H and O–H groups in total. The average molecular weight is 1160 g/mol. The van der Waals surface area contributed by atoms with E-state index < -0.39 is 79.4 Å². The first-order valence-corrected chi connectivity index (χ1v) is 21.5. The van der Waals surface area contributed by atoms with Crippen LogP contribution < -0.4 is 20.4 Å². The number of aliphatic carboxylic acids is 4. The first kappa shape index (κ1) is 90.8. The number of carbonyl (C=O) groups excluding carboxylic acids is 19. The van der Waals surface area contributed by atoms with E-state index in [1.165, 1.54) is 76.2 Å². The first-order chi connectivity index (χ1) is 33.6. The molecule has 0 rings (SSSR count). The van der Waals surface area contributed by atoms with Gasteiger partial charge in [0.25, 0.3) is 0 Å². The number of hydrogen-bond acceptors (Lipinski definition) is 27. The second kappa shape index (κ2) is 61.3. The number of carbonyl (C=O) groups is 19. The van der Waals surface area contributed by atoms with Crippen molar-refractivity contribution in [1.29, 1.82) is 0 Å². The molecular formula is C47H70O27Zr. The number of rotatable bonds is 23. The molecule has 0 atom stereocenters. The molecule has 0 amide bonds. The van der Waals surface area contributed by atoms with Crippen molar-refractivity contribution in [3.8, 4) is 0 Å². The summed E-state index contributed by atoms with van der Waals surface area (Å²) in [5, 5.41) is 37.9. The van der Waals surface area contributed by atoms with Gasteiger partial charge in [0.1, 0.15) is 95.2 Å². The van der Waals surface area contributed by atoms with Crippen LogP contribution in [0.3, 0.4) is 0 Å². The number of ether oxygens (including phenoxy) is 4. The van der Waals surface area contributed by atoms with E-state index in [4.69, 9.17) is 0 Å². The number of hydrogen-bond donors (Lipinski definition) is 0. The average Bonchev–Trinajstić information content (AvgIpc) is 3.13. The van der Waals surface area contributed by atoms with Crippen LogP contribution in [0.25, 0.3) is 0 Å². The van der Waals surface area contributed by atoms with E-state index in [0.717, 1.165) is 0 Å². The van der Waals surface area contributed by atoms with Crippen LogP contribution in [0.5, 0.6) is 0 Å². The number of ketones is 11. The van der Waals surface area contributed by atoms with Gasteiger partial charge in [0.2, 0.25) is 0 Å². The molecule has 28 heteroatoms. The fourth-order valence-electron chi connectivity index (χ4n) is 3.33. The molecule has 0 aromatic heterocycles. The molecule has 27 nitrogen and oxygen atoms in total. The summed E-state index contributed by atoms with van der Waals surface area (Å²) in [6.45, 7) is 22.2. The van der Waals surface area contributed by atoms with Crippen LogP contribution >= 0.6 is 0 Å². The quantitative estimate of drug-likeness (QED) is 0.0572. The van der Waals surface area contributed by atoms with Gasteiger partial charge >= 0.3 is 50.1 Å². The molecule has 0 aromatic carbocycles. The molecule has 0 aliphatic rings. The van der Waals surface area contributed by atoms with E-state index in [1.807, 2.05) is 0 Å². The van der Waals surface area contributed by atoms with Crippen LogP contribution in [-0.4, -0.2) is 138 Å². The van der Waals surface area contributed by atoms with Gasteiger partial charge in [0, 0.05) is 49.6 Å². The van der Waals surface area contributed by atoms with Gasteiger partial charge in [-0.1, -0.05) is 0 Å². The molecule has 0 spiro atoms. The molecule has 0 aromatic rings. The minimum atomic E-state index is -1.31. The van der Waals surface area contributed by atoms with E-state index in [-0.39, 0.29) is 116 Å². The summed E-state index contributed by atoms with van der Waals surface area (Å²) >= 11 is 0. The molecule has 0 bridgehead atoms. The van der Waals surface area contributed by atoms with Gasteiger partial charge in [-0.05, 0) is 104 Å². The standard InChI is InChI=1S/C7H10O3.4C6H10O3.4C4H6O3.Zr/c1-4(8)7(5(2)9)6(3)10;4*1-3-9-6(8)4-5(2)7;4*1-3(5)2-4(6)7;/h7H,1-3H3;4*3-4H2,1-2H3;4*2H2,1H3,(H,6,7);/q;;;;;;;;;+4/p-4. The van der Waals surface area contributed by atoms with Crippen LogP contribution in [-0.2, 0) is 136 Å². The Balaban J connectivity index is -0.0000000793. The molecule has 424 valence electrons. The fourth-order valence-corrected chi connectivity index (χ4v) is 3.33. The maximum Gasteiger partial charge on any atom is 4.00 e. The number of Topliss-reactive ketones (excluding diaryl/α,β-unsaturated/α-hetero) is 11. The SMILES string of the molecule is CC(=O)C(C(C)=O)C(C)=O.CC(=O)CC(=O)[O-].CC(=O)CC(=O)[O-].CC(=O)CC(=O)[O-].CC(=O)CC(=O)[O-].CCOC(=O)CC(C)=O.CCOC(=O)CC(C)=O.CCOC(=O)CC(C)=O.CCOC(=O)CC(C)=O.[Zr+4]. The van der Waals surface area contributed by atoms with Gasteiger partial charge in [-0.3, -0.25) is 71.9 Å². The van der Waals surface area contributed by atoms with Crippen LogP contribution in [0.1, 0.15) is 155 Å². The van der Waals surface area contributed by atoms with Crippen molar-refractivity contribution >= 4 is 111 Å². The summed E-state index contributed by atoms with van der Waals surface area (Å²) in [5.41, 5.74) is 0. The summed E-state index contributed by atoms with van der Waals surface area (Å²) < 4.78 is 18.0. The van der Waals surface area contributed by atoms with Crippen molar-refractivity contribution in [1.82, 2.24) is 0 Å². The first-order valence-electron chi connectivity index (χ1n) is 21.5. The Hall–Kier alpha value is -6.99. The van der Waals surface area contributed by atoms with Gasteiger partial charge in [-0.2, -0.15) is 0 Å². The molecule has 75 heavy (non-hydrogen) atoms. The smallest absolute Gasteiger partial charge is 0.550 e. The molecule has 0 saturated carbocycles. The summed E-state index contributed by atoms with van der Waals surface area (Å²) in [5.74, 6) is -11.3. The minimum absolute atomic E-state index is 0. The van der Waals surface area contributed by atoms with Gasteiger partial charge in [-0.25, -0.2) is 0 Å². The molecule has 0 aliphatic carbocycles. The van der Waals surface area contributed by atoms with Crippen LogP contribution in [0.4, 0.5) is 0 Å². The van der Waals surface area contributed by atoms with E-state index in [0.29, 0.717) is 26.4 Å². The second-order valence-corrected chi connectivity index (χ2v) is 14.0. The number of carboxylic acids is 4. The van der Waals surface area contributed by atoms with Gasteiger partial charge in [-0.15, -0.1) is 0 Å². The van der Waals surface area contributed by atoms with Crippen LogP contribution in [0.15, 0.2) is 0 Å². The van der Waals surface area contributed by atoms with Gasteiger partial charge < -0.3 is 58.6 Å². The maximum atomic E-state index is 10.6. The topological polar surface area (TPSA) is 453 Å². The summed E-state index contributed by atoms with van der Waals surface area (Å²) in [6, 6.07) is 0. The zero-order valence-electron chi connectivity index (χ0n) is 45.1. The molecule has 0 unspecified atom stereocenters. The Kier molecular flexibility index (Phi) is 74.2. The predicted octanol–water partition coefficient (Wildman–Crippen LogP) is -2.66. The number of carboxylic acid groups (broad SMARTS) is 4. The van der Waals surface area contributed by atoms with Crippen LogP contribution in [0.2, 0.25) is 0 Å². The van der Waals surface area contributed by atoms with E-state index in [2.05, 4.69) is 18.9 Å². The Morgan fingerprint density at radius 1 is 0.267 bits per heavy atom. The third-order valence-corrected chi connectivity index (χ3v) is 5.59. The third kappa shape index (κ3) is 118. The van der Waals surface area contributed by atoms with Crippen molar-refractivity contribution in [3.63, 3.8) is 0 Å². The largest absolute Gasteiger partial charge is 4.00 e. The van der Waals surface area contributed by atoms with E-state index >= 15 is 0 Å². The molecular weight excluding hydrogens is 1090 g/mol.